The van der Waals surface area contributed by atoms with E-state index in [4.69, 9.17) is 0 Å². The zero-order valence-corrected chi connectivity index (χ0v) is 10.4. The van der Waals surface area contributed by atoms with Crippen molar-refractivity contribution in [2.75, 3.05) is 6.54 Å². The summed E-state index contributed by atoms with van der Waals surface area (Å²) in [4.78, 5) is 15.9. The number of ketones is 1. The molecule has 0 radical (unpaired) electrons. The number of nitrogens with zero attached hydrogens (tertiary/aromatic N) is 2. The van der Waals surface area contributed by atoms with Gasteiger partial charge in [-0.3, -0.25) is 4.79 Å². The van der Waals surface area contributed by atoms with E-state index in [2.05, 4.69) is 17.2 Å². The van der Waals surface area contributed by atoms with E-state index in [0.29, 0.717) is 19.0 Å². The van der Waals surface area contributed by atoms with Gasteiger partial charge in [-0.2, -0.15) is 0 Å². The molecule has 1 aromatic rings. The maximum absolute atomic E-state index is 11.7. The largest absolute Gasteiger partial charge is 0.335 e. The molecule has 0 saturated carbocycles. The molecule has 1 aromatic heterocycles. The zero-order chi connectivity index (χ0) is 12.0. The number of carbonyl (C=O) groups excluding carboxylic acids is 1. The van der Waals surface area contributed by atoms with Crippen LogP contribution >= 0.6 is 0 Å². The molecule has 0 spiro atoms. The standard InChI is InChI=1S/C12H21N3O/c1-4-6-15-7-5-13-12(15)8-11(16)9-14-10(2)3/h5,7,10,14H,4,6,8-9H2,1-3H3. The van der Waals surface area contributed by atoms with Crippen LogP contribution in [0.3, 0.4) is 0 Å². The fourth-order valence-electron chi connectivity index (χ4n) is 1.51. The van der Waals surface area contributed by atoms with Gasteiger partial charge in [0.05, 0.1) is 13.0 Å². The number of aromatic nitrogens is 2. The van der Waals surface area contributed by atoms with Crippen LogP contribution in [-0.2, 0) is 17.8 Å². The van der Waals surface area contributed by atoms with Gasteiger partial charge in [-0.15, -0.1) is 0 Å². The summed E-state index contributed by atoms with van der Waals surface area (Å²) in [7, 11) is 0. The Morgan fingerprint density at radius 2 is 2.31 bits per heavy atom. The van der Waals surface area contributed by atoms with Gasteiger partial charge in [-0.25, -0.2) is 4.98 Å². The first kappa shape index (κ1) is 12.9. The van der Waals surface area contributed by atoms with Gasteiger partial charge in [-0.1, -0.05) is 20.8 Å². The minimum absolute atomic E-state index is 0.192. The molecule has 0 aliphatic rings. The molecular weight excluding hydrogens is 202 g/mol. The van der Waals surface area contributed by atoms with Crippen LogP contribution in [-0.4, -0.2) is 27.9 Å². The van der Waals surface area contributed by atoms with Crippen molar-refractivity contribution in [1.29, 1.82) is 0 Å². The lowest BCUT2D eigenvalue weighted by Crippen LogP contribution is -2.30. The predicted molar refractivity (Wildman–Crippen MR) is 64.4 cm³/mol. The highest BCUT2D eigenvalue weighted by Crippen LogP contribution is 2.01. The molecule has 0 unspecified atom stereocenters. The molecular formula is C12H21N3O. The quantitative estimate of drug-likeness (QED) is 0.760. The summed E-state index contributed by atoms with van der Waals surface area (Å²) in [6.07, 6.45) is 5.17. The lowest BCUT2D eigenvalue weighted by molar-refractivity contribution is -0.117. The highest BCUT2D eigenvalue weighted by Gasteiger charge is 2.08. The SMILES string of the molecule is CCCn1ccnc1CC(=O)CNC(C)C. The number of hydrogen-bond donors (Lipinski definition) is 1. The van der Waals surface area contributed by atoms with Gasteiger partial charge in [0, 0.05) is 25.0 Å². The summed E-state index contributed by atoms with van der Waals surface area (Å²) in [6.45, 7) is 7.54. The van der Waals surface area contributed by atoms with Gasteiger partial charge < -0.3 is 9.88 Å². The van der Waals surface area contributed by atoms with E-state index in [1.54, 1.807) is 6.20 Å². The van der Waals surface area contributed by atoms with Crippen molar-refractivity contribution in [2.45, 2.75) is 46.2 Å². The summed E-state index contributed by atoms with van der Waals surface area (Å²) in [5, 5.41) is 3.12. The number of hydrogen-bond acceptors (Lipinski definition) is 3. The van der Waals surface area contributed by atoms with Crippen LogP contribution in [0, 0.1) is 0 Å². The molecule has 0 aromatic carbocycles. The molecule has 4 nitrogen and oxygen atoms in total. The smallest absolute Gasteiger partial charge is 0.154 e. The molecule has 90 valence electrons. The first-order valence-corrected chi connectivity index (χ1v) is 5.88. The Balaban J connectivity index is 2.46. The number of Topliss-reactive ketones (excluding diaryl/α,β-unsaturated/α-hetero) is 1. The molecule has 4 heteroatoms. The minimum atomic E-state index is 0.192. The molecule has 0 amide bonds. The van der Waals surface area contributed by atoms with Crippen LogP contribution in [0.5, 0.6) is 0 Å². The molecule has 0 aliphatic heterocycles. The minimum Gasteiger partial charge on any atom is -0.335 e. The van der Waals surface area contributed by atoms with E-state index in [9.17, 15) is 4.79 Å². The maximum Gasteiger partial charge on any atom is 0.154 e. The van der Waals surface area contributed by atoms with Gasteiger partial charge in [0.15, 0.2) is 5.78 Å². The maximum atomic E-state index is 11.7. The van der Waals surface area contributed by atoms with Crippen LogP contribution in [0.15, 0.2) is 12.4 Å². The summed E-state index contributed by atoms with van der Waals surface area (Å²) < 4.78 is 2.05. The van der Waals surface area contributed by atoms with Gasteiger partial charge >= 0.3 is 0 Å². The molecule has 0 aliphatic carbocycles. The molecule has 1 N–H and O–H groups in total. The number of imidazole rings is 1. The third-order valence-electron chi connectivity index (χ3n) is 2.33. The van der Waals surface area contributed by atoms with E-state index in [1.165, 1.54) is 0 Å². The monoisotopic (exact) mass is 223 g/mol. The van der Waals surface area contributed by atoms with Gasteiger partial charge in [0.1, 0.15) is 5.82 Å². The molecule has 0 saturated heterocycles. The zero-order valence-electron chi connectivity index (χ0n) is 10.4. The summed E-state index contributed by atoms with van der Waals surface area (Å²) >= 11 is 0. The highest BCUT2D eigenvalue weighted by molar-refractivity contribution is 5.82. The Morgan fingerprint density at radius 1 is 1.56 bits per heavy atom. The van der Waals surface area contributed by atoms with E-state index in [-0.39, 0.29) is 5.78 Å². The first-order chi connectivity index (χ1) is 7.63. The fourth-order valence-corrected chi connectivity index (χ4v) is 1.51. The number of aryl methyl sites for hydroxylation is 1. The van der Waals surface area contributed by atoms with E-state index in [1.807, 2.05) is 24.6 Å². The second kappa shape index (κ2) is 6.43. The lowest BCUT2D eigenvalue weighted by Gasteiger charge is -2.08. The Labute approximate surface area is 97.1 Å². The normalized spacial score (nSPS) is 11.0. The third-order valence-corrected chi connectivity index (χ3v) is 2.33. The fraction of sp³-hybridized carbons (Fsp3) is 0.667. The second-order valence-electron chi connectivity index (χ2n) is 4.29. The van der Waals surface area contributed by atoms with E-state index in [0.717, 1.165) is 18.8 Å². The Hall–Kier alpha value is -1.16. The van der Waals surface area contributed by atoms with Crippen molar-refractivity contribution >= 4 is 5.78 Å². The average Bonchev–Trinajstić information content (AvgIpc) is 2.63. The second-order valence-corrected chi connectivity index (χ2v) is 4.29. The molecule has 0 atom stereocenters. The van der Waals surface area contributed by atoms with Crippen LogP contribution in [0.4, 0.5) is 0 Å². The number of nitrogens with one attached hydrogen (secondary N) is 1. The number of rotatable bonds is 7. The van der Waals surface area contributed by atoms with E-state index < -0.39 is 0 Å². The Morgan fingerprint density at radius 3 is 2.94 bits per heavy atom. The van der Waals surface area contributed by atoms with Crippen molar-refractivity contribution < 1.29 is 4.79 Å². The summed E-state index contributed by atoms with van der Waals surface area (Å²) in [5.74, 6) is 1.06. The molecule has 0 fully saturated rings. The van der Waals surface area contributed by atoms with Crippen LogP contribution < -0.4 is 5.32 Å². The summed E-state index contributed by atoms with van der Waals surface area (Å²) in [5.41, 5.74) is 0. The molecule has 16 heavy (non-hydrogen) atoms. The van der Waals surface area contributed by atoms with Gasteiger partial charge in [0.25, 0.3) is 0 Å². The predicted octanol–water partition coefficient (Wildman–Crippen LogP) is 1.40. The third kappa shape index (κ3) is 4.14. The van der Waals surface area contributed by atoms with E-state index >= 15 is 0 Å². The van der Waals surface area contributed by atoms with Crippen LogP contribution in [0.2, 0.25) is 0 Å². The summed E-state index contributed by atoms with van der Waals surface area (Å²) in [6, 6.07) is 0.347. The van der Waals surface area contributed by atoms with Crippen molar-refractivity contribution in [3.05, 3.63) is 18.2 Å². The molecule has 0 bridgehead atoms. The van der Waals surface area contributed by atoms with Crippen molar-refractivity contribution in [3.63, 3.8) is 0 Å². The topological polar surface area (TPSA) is 46.9 Å². The van der Waals surface area contributed by atoms with Gasteiger partial charge in [0.2, 0.25) is 0 Å². The highest BCUT2D eigenvalue weighted by atomic mass is 16.1. The van der Waals surface area contributed by atoms with Crippen LogP contribution in [0.1, 0.15) is 33.0 Å². The Bertz CT molecular complexity index is 331. The van der Waals surface area contributed by atoms with Crippen molar-refractivity contribution in [3.8, 4) is 0 Å². The lowest BCUT2D eigenvalue weighted by atomic mass is 10.2. The average molecular weight is 223 g/mol. The van der Waals surface area contributed by atoms with Crippen molar-refractivity contribution in [1.82, 2.24) is 14.9 Å². The Kier molecular flexibility index (Phi) is 5.19. The van der Waals surface area contributed by atoms with Gasteiger partial charge in [-0.05, 0) is 6.42 Å². The molecule has 1 heterocycles. The first-order valence-electron chi connectivity index (χ1n) is 5.88. The molecule has 1 rings (SSSR count). The van der Waals surface area contributed by atoms with Crippen LogP contribution in [0.25, 0.3) is 0 Å². The number of carbonyl (C=O) groups is 1. The van der Waals surface area contributed by atoms with Crippen molar-refractivity contribution in [2.24, 2.45) is 0 Å².